The number of likely N-dealkylation sites (tertiary alicyclic amines) is 1. The largest absolute Gasteiger partial charge is 0.324 e. The Kier molecular flexibility index (Phi) is 4.24. The summed E-state index contributed by atoms with van der Waals surface area (Å²) in [5.41, 5.74) is 2.18. The fourth-order valence-electron chi connectivity index (χ4n) is 2.40. The molecule has 0 saturated carbocycles. The van der Waals surface area contributed by atoms with Crippen molar-refractivity contribution < 1.29 is 4.79 Å². The minimum atomic E-state index is 0.0331. The molecule has 1 aliphatic heterocycles. The van der Waals surface area contributed by atoms with E-state index in [2.05, 4.69) is 31.3 Å². The molecule has 3 heteroatoms. The van der Waals surface area contributed by atoms with Gasteiger partial charge in [-0.2, -0.15) is 0 Å². The summed E-state index contributed by atoms with van der Waals surface area (Å²) in [5, 5.41) is 2.97. The molecule has 1 N–H and O–H groups in total. The number of aryl methyl sites for hydroxylation is 1. The lowest BCUT2D eigenvalue weighted by Gasteiger charge is -2.30. The van der Waals surface area contributed by atoms with Crippen LogP contribution in [0.5, 0.6) is 0 Å². The fourth-order valence-corrected chi connectivity index (χ4v) is 2.40. The van der Waals surface area contributed by atoms with E-state index >= 15 is 0 Å². The van der Waals surface area contributed by atoms with Crippen molar-refractivity contribution in [3.05, 3.63) is 29.8 Å². The summed E-state index contributed by atoms with van der Waals surface area (Å²) in [6.45, 7) is 6.08. The molecule has 1 aromatic rings. The summed E-state index contributed by atoms with van der Waals surface area (Å²) in [6.07, 6.45) is 3.37. The van der Waals surface area contributed by atoms with Crippen LogP contribution in [0, 0.1) is 5.92 Å². The van der Waals surface area contributed by atoms with E-state index in [1.54, 1.807) is 0 Å². The maximum atomic E-state index is 12.1. The molecule has 2 rings (SSSR count). The molecule has 1 saturated heterocycles. The molecule has 0 aromatic heterocycles. The Labute approximate surface area is 109 Å². The van der Waals surface area contributed by atoms with Crippen LogP contribution in [-0.4, -0.2) is 24.0 Å². The van der Waals surface area contributed by atoms with Gasteiger partial charge in [-0.25, -0.2) is 4.79 Å². The van der Waals surface area contributed by atoms with Gasteiger partial charge >= 0.3 is 6.03 Å². The molecule has 18 heavy (non-hydrogen) atoms. The lowest BCUT2D eigenvalue weighted by atomic mass is 10.0. The van der Waals surface area contributed by atoms with Gasteiger partial charge in [0.1, 0.15) is 0 Å². The van der Waals surface area contributed by atoms with Crippen molar-refractivity contribution in [1.29, 1.82) is 0 Å². The number of amides is 2. The first-order valence-corrected chi connectivity index (χ1v) is 6.84. The molecule has 1 aliphatic rings. The molecule has 1 fully saturated rings. The first-order valence-electron chi connectivity index (χ1n) is 6.84. The number of nitrogens with one attached hydrogen (secondary N) is 1. The van der Waals surface area contributed by atoms with E-state index in [-0.39, 0.29) is 6.03 Å². The second kappa shape index (κ2) is 5.89. The smallest absolute Gasteiger partial charge is 0.321 e. The van der Waals surface area contributed by atoms with E-state index in [0.29, 0.717) is 5.92 Å². The van der Waals surface area contributed by atoms with Crippen LogP contribution in [0.2, 0.25) is 0 Å². The molecule has 1 atom stereocenters. The highest BCUT2D eigenvalue weighted by Crippen LogP contribution is 2.17. The number of anilines is 1. The Balaban J connectivity index is 1.93. The molecule has 2 amide bonds. The maximum Gasteiger partial charge on any atom is 0.321 e. The van der Waals surface area contributed by atoms with Crippen LogP contribution in [0.25, 0.3) is 0 Å². The van der Waals surface area contributed by atoms with Crippen LogP contribution in [0.3, 0.4) is 0 Å². The third-order valence-corrected chi connectivity index (χ3v) is 3.56. The van der Waals surface area contributed by atoms with E-state index in [1.165, 1.54) is 12.0 Å². The number of urea groups is 1. The predicted octanol–water partition coefficient (Wildman–Crippen LogP) is 3.51. The number of piperidine rings is 1. The lowest BCUT2D eigenvalue weighted by molar-refractivity contribution is 0.182. The Hall–Kier alpha value is -1.51. The zero-order valence-corrected chi connectivity index (χ0v) is 11.3. The second-order valence-electron chi connectivity index (χ2n) is 5.17. The quantitative estimate of drug-likeness (QED) is 0.851. The van der Waals surface area contributed by atoms with Crippen molar-refractivity contribution in [2.24, 2.45) is 5.92 Å². The third-order valence-electron chi connectivity index (χ3n) is 3.56. The van der Waals surface area contributed by atoms with Crippen molar-refractivity contribution in [3.8, 4) is 0 Å². The number of carbonyl (C=O) groups excluding carboxylic acids is 1. The van der Waals surface area contributed by atoms with Gasteiger partial charge in [-0.3, -0.25) is 0 Å². The van der Waals surface area contributed by atoms with E-state index in [9.17, 15) is 4.79 Å². The van der Waals surface area contributed by atoms with Crippen molar-refractivity contribution in [1.82, 2.24) is 4.90 Å². The first-order chi connectivity index (χ1) is 8.69. The highest BCUT2D eigenvalue weighted by molar-refractivity contribution is 5.89. The number of nitrogens with zero attached hydrogens (tertiary/aromatic N) is 1. The molecule has 1 aromatic carbocycles. The number of hydrogen-bond donors (Lipinski definition) is 1. The topological polar surface area (TPSA) is 32.3 Å². The molecular weight excluding hydrogens is 224 g/mol. The van der Waals surface area contributed by atoms with Gasteiger partial charge in [-0.15, -0.1) is 0 Å². The predicted molar refractivity (Wildman–Crippen MR) is 74.8 cm³/mol. The minimum Gasteiger partial charge on any atom is -0.324 e. The summed E-state index contributed by atoms with van der Waals surface area (Å²) < 4.78 is 0. The fraction of sp³-hybridized carbons (Fsp3) is 0.533. The van der Waals surface area contributed by atoms with Gasteiger partial charge in [0, 0.05) is 18.8 Å². The molecule has 98 valence electrons. The molecule has 0 spiro atoms. The number of rotatable bonds is 2. The van der Waals surface area contributed by atoms with Gasteiger partial charge in [0.25, 0.3) is 0 Å². The monoisotopic (exact) mass is 246 g/mol. The molecule has 0 aliphatic carbocycles. The van der Waals surface area contributed by atoms with Crippen LogP contribution in [0.4, 0.5) is 10.5 Å². The minimum absolute atomic E-state index is 0.0331. The highest BCUT2D eigenvalue weighted by Gasteiger charge is 2.20. The zero-order chi connectivity index (χ0) is 13.0. The van der Waals surface area contributed by atoms with Gasteiger partial charge in [-0.05, 0) is 42.9 Å². The second-order valence-corrected chi connectivity index (χ2v) is 5.17. The van der Waals surface area contributed by atoms with E-state index in [4.69, 9.17) is 0 Å². The molecule has 3 nitrogen and oxygen atoms in total. The van der Waals surface area contributed by atoms with Gasteiger partial charge in [0.2, 0.25) is 0 Å². The van der Waals surface area contributed by atoms with Gasteiger partial charge in [0.15, 0.2) is 0 Å². The van der Waals surface area contributed by atoms with Crippen LogP contribution in [-0.2, 0) is 6.42 Å². The van der Waals surface area contributed by atoms with E-state index < -0.39 is 0 Å². The van der Waals surface area contributed by atoms with Gasteiger partial charge in [-0.1, -0.05) is 26.0 Å². The van der Waals surface area contributed by atoms with Crippen molar-refractivity contribution in [3.63, 3.8) is 0 Å². The molecule has 1 unspecified atom stereocenters. The average Bonchev–Trinajstić information content (AvgIpc) is 2.39. The third kappa shape index (κ3) is 3.25. The molecule has 0 radical (unpaired) electrons. The molecule has 0 bridgehead atoms. The summed E-state index contributed by atoms with van der Waals surface area (Å²) in [4.78, 5) is 14.0. The van der Waals surface area contributed by atoms with Gasteiger partial charge in [0.05, 0.1) is 0 Å². The molecular formula is C15H22N2O. The van der Waals surface area contributed by atoms with E-state index in [0.717, 1.165) is 31.6 Å². The number of hydrogen-bond acceptors (Lipinski definition) is 1. The Morgan fingerprint density at radius 1 is 1.39 bits per heavy atom. The lowest BCUT2D eigenvalue weighted by Crippen LogP contribution is -2.41. The van der Waals surface area contributed by atoms with Crippen molar-refractivity contribution in [2.75, 3.05) is 18.4 Å². The van der Waals surface area contributed by atoms with Crippen LogP contribution in [0.1, 0.15) is 32.3 Å². The summed E-state index contributed by atoms with van der Waals surface area (Å²) >= 11 is 0. The maximum absolute atomic E-state index is 12.1. The zero-order valence-electron chi connectivity index (χ0n) is 11.3. The van der Waals surface area contributed by atoms with Crippen LogP contribution < -0.4 is 5.32 Å². The van der Waals surface area contributed by atoms with E-state index in [1.807, 2.05) is 17.0 Å². The number of benzene rings is 1. The summed E-state index contributed by atoms with van der Waals surface area (Å²) in [6, 6.07) is 8.11. The highest BCUT2D eigenvalue weighted by atomic mass is 16.2. The Morgan fingerprint density at radius 3 is 2.72 bits per heavy atom. The summed E-state index contributed by atoms with van der Waals surface area (Å²) in [7, 11) is 0. The molecule has 1 heterocycles. The van der Waals surface area contributed by atoms with Crippen LogP contribution in [0.15, 0.2) is 24.3 Å². The van der Waals surface area contributed by atoms with Crippen molar-refractivity contribution >= 4 is 11.7 Å². The number of carbonyl (C=O) groups is 1. The SMILES string of the molecule is CCc1ccc(NC(=O)N2CCCC(C)C2)cc1. The normalized spacial score (nSPS) is 19.7. The van der Waals surface area contributed by atoms with Crippen molar-refractivity contribution in [2.45, 2.75) is 33.1 Å². The van der Waals surface area contributed by atoms with Gasteiger partial charge < -0.3 is 10.2 Å². The first kappa shape index (κ1) is 12.9. The Bertz CT molecular complexity index is 399. The average molecular weight is 246 g/mol. The summed E-state index contributed by atoms with van der Waals surface area (Å²) in [5.74, 6) is 0.618. The van der Waals surface area contributed by atoms with Crippen LogP contribution >= 0.6 is 0 Å². The Morgan fingerprint density at radius 2 is 2.11 bits per heavy atom. The standard InChI is InChI=1S/C15H22N2O/c1-3-13-6-8-14(9-7-13)16-15(18)17-10-4-5-12(2)11-17/h6-9,12H,3-5,10-11H2,1-2H3,(H,16,18).